The Morgan fingerprint density at radius 1 is 0.591 bits per heavy atom. The predicted octanol–water partition coefficient (Wildman–Crippen LogP) is -0.443. The molecule has 0 aromatic heterocycles. The quantitative estimate of drug-likeness (QED) is 0.490. The van der Waals surface area contributed by atoms with Crippen molar-refractivity contribution in [1.29, 1.82) is 0 Å². The van der Waals surface area contributed by atoms with Crippen molar-refractivity contribution >= 4 is 0 Å². The molecular weight excluding hydrogens is 254 g/mol. The van der Waals surface area contributed by atoms with Crippen LogP contribution in [0.4, 0.5) is 0 Å². The molecule has 0 nitrogen and oxygen atoms in total. The molecule has 0 saturated heterocycles. The number of hydrogen-bond acceptors (Lipinski definition) is 0. The molecule has 2 aromatic carbocycles. The number of benzene rings is 2. The Morgan fingerprint density at radius 3 is 1.09 bits per heavy atom. The molecule has 0 saturated carbocycles. The van der Waals surface area contributed by atoms with E-state index in [0.29, 0.717) is 0 Å². The molecule has 0 amide bonds. The first-order valence-electron chi connectivity index (χ1n) is 7.23. The van der Waals surface area contributed by atoms with Crippen LogP contribution in [0.5, 0.6) is 0 Å². The Bertz CT molecular complexity index is 512. The summed E-state index contributed by atoms with van der Waals surface area (Å²) in [5, 5.41) is 0. The largest absolute Gasteiger partial charge is 1.00 e. The fourth-order valence-corrected chi connectivity index (χ4v) is 2.12. The summed E-state index contributed by atoms with van der Waals surface area (Å²) in [6, 6.07) is 19.6. The van der Waals surface area contributed by atoms with Crippen LogP contribution in [0.25, 0.3) is 11.1 Å². The summed E-state index contributed by atoms with van der Waals surface area (Å²) in [6.07, 6.45) is 0. The molecule has 0 aliphatic rings. The van der Waals surface area contributed by atoms with Crippen molar-refractivity contribution in [3.05, 3.63) is 59.7 Å². The molecule has 2 heteroatoms. The minimum atomic E-state index is 0. The average Bonchev–Trinajstić information content (AvgIpc) is 2.37. The minimum Gasteiger partial charge on any atom is -0.226 e. The van der Waals surface area contributed by atoms with Crippen molar-refractivity contribution in [3.63, 3.8) is 0 Å². The second kappa shape index (κ2) is 7.95. The summed E-state index contributed by atoms with van der Waals surface area (Å²) in [7, 11) is 0. The van der Waals surface area contributed by atoms with E-state index in [4.69, 9.17) is 0 Å². The van der Waals surface area contributed by atoms with Gasteiger partial charge in [-0.25, -0.2) is 11.1 Å². The Kier molecular flexibility index (Phi) is 7.82. The number of rotatable bonds is 1. The van der Waals surface area contributed by atoms with Gasteiger partial charge in [0, 0.05) is 0 Å². The monoisotopic (exact) mass is 278 g/mol. The molecule has 0 N–H and O–H groups in total. The standard InChI is InChI=1S/C20H24.2Li/c1-19(2,3)17-11-7-15(8-12-17)16-9-13-18(14-10-16)20(4,5)6;;/h7,9,11-14H,1-6H3;;/q-2;2*+1. The van der Waals surface area contributed by atoms with Gasteiger partial charge in [-0.05, 0) is 10.8 Å². The molecule has 0 fully saturated rings. The van der Waals surface area contributed by atoms with Gasteiger partial charge in [0.2, 0.25) is 0 Å². The molecule has 2 aromatic rings. The van der Waals surface area contributed by atoms with E-state index in [1.165, 1.54) is 11.1 Å². The number of hydrogen-bond donors (Lipinski definition) is 0. The maximum Gasteiger partial charge on any atom is 1.00 e. The third-order valence-corrected chi connectivity index (χ3v) is 3.65. The summed E-state index contributed by atoms with van der Waals surface area (Å²) < 4.78 is 0. The van der Waals surface area contributed by atoms with Crippen LogP contribution < -0.4 is 37.7 Å². The molecule has 0 radical (unpaired) electrons. The van der Waals surface area contributed by atoms with Gasteiger partial charge in [-0.15, -0.1) is 11.1 Å². The van der Waals surface area contributed by atoms with E-state index in [1.54, 1.807) is 0 Å². The Morgan fingerprint density at radius 2 is 0.909 bits per heavy atom. The predicted molar refractivity (Wildman–Crippen MR) is 87.0 cm³/mol. The molecule has 0 spiro atoms. The van der Waals surface area contributed by atoms with Crippen LogP contribution in [0, 0.1) is 12.1 Å². The summed E-state index contributed by atoms with van der Waals surface area (Å²) in [4.78, 5) is 0. The molecule has 106 valence electrons. The van der Waals surface area contributed by atoms with Crippen LogP contribution in [-0.4, -0.2) is 0 Å². The van der Waals surface area contributed by atoms with Crippen LogP contribution in [0.3, 0.4) is 0 Å². The third-order valence-electron chi connectivity index (χ3n) is 3.65. The van der Waals surface area contributed by atoms with E-state index in [0.717, 1.165) is 11.1 Å². The fourth-order valence-electron chi connectivity index (χ4n) is 2.12. The first kappa shape index (κ1) is 21.6. The molecule has 0 bridgehead atoms. The van der Waals surface area contributed by atoms with Crippen LogP contribution >= 0.6 is 0 Å². The molecule has 0 unspecified atom stereocenters. The van der Waals surface area contributed by atoms with Gasteiger partial charge in [-0.3, -0.25) is 0 Å². The second-order valence-corrected chi connectivity index (χ2v) is 7.48. The first-order valence-corrected chi connectivity index (χ1v) is 7.23. The van der Waals surface area contributed by atoms with Crippen molar-refractivity contribution in [3.8, 4) is 11.1 Å². The van der Waals surface area contributed by atoms with Gasteiger partial charge in [0.1, 0.15) is 0 Å². The Labute approximate surface area is 160 Å². The van der Waals surface area contributed by atoms with Gasteiger partial charge < -0.3 is 0 Å². The zero-order chi connectivity index (χ0) is 15.0. The molecular formula is C20H24Li2. The van der Waals surface area contributed by atoms with Gasteiger partial charge in [0.25, 0.3) is 0 Å². The molecule has 0 atom stereocenters. The summed E-state index contributed by atoms with van der Waals surface area (Å²) in [5.41, 5.74) is 5.20. The van der Waals surface area contributed by atoms with E-state index in [1.807, 2.05) is 0 Å². The second-order valence-electron chi connectivity index (χ2n) is 7.48. The SMILES string of the molecule is CC(C)(C)c1c[c-]c(-c2[c-]cc(C(C)(C)C)cc2)cc1.[Li+].[Li+]. The van der Waals surface area contributed by atoms with Crippen molar-refractivity contribution in [2.24, 2.45) is 0 Å². The topological polar surface area (TPSA) is 0 Å². The van der Waals surface area contributed by atoms with Crippen LogP contribution in [0.1, 0.15) is 52.7 Å². The van der Waals surface area contributed by atoms with Gasteiger partial charge in [-0.2, -0.15) is 48.5 Å². The van der Waals surface area contributed by atoms with Gasteiger partial charge >= 0.3 is 37.7 Å². The molecule has 2 rings (SSSR count). The van der Waals surface area contributed by atoms with Crippen LogP contribution in [-0.2, 0) is 10.8 Å². The van der Waals surface area contributed by atoms with E-state index < -0.39 is 0 Å². The zero-order valence-corrected chi connectivity index (χ0v) is 15.5. The summed E-state index contributed by atoms with van der Waals surface area (Å²) >= 11 is 0. The smallest absolute Gasteiger partial charge is 0.226 e. The Balaban J connectivity index is 0.00000220. The molecule has 0 aliphatic heterocycles. The maximum atomic E-state index is 3.39. The van der Waals surface area contributed by atoms with Crippen LogP contribution in [0.2, 0.25) is 0 Å². The normalized spacial score (nSPS) is 11.4. The zero-order valence-electron chi connectivity index (χ0n) is 15.5. The van der Waals surface area contributed by atoms with E-state index in [-0.39, 0.29) is 48.6 Å². The minimum absolute atomic E-state index is 0. The summed E-state index contributed by atoms with van der Waals surface area (Å²) in [5.74, 6) is 0. The van der Waals surface area contributed by atoms with Crippen molar-refractivity contribution < 1.29 is 37.7 Å². The van der Waals surface area contributed by atoms with Crippen molar-refractivity contribution in [2.45, 2.75) is 52.4 Å². The van der Waals surface area contributed by atoms with Crippen molar-refractivity contribution in [1.82, 2.24) is 0 Å². The van der Waals surface area contributed by atoms with Gasteiger partial charge in [-0.1, -0.05) is 41.5 Å². The van der Waals surface area contributed by atoms with Gasteiger partial charge in [0.15, 0.2) is 0 Å². The average molecular weight is 278 g/mol. The fraction of sp³-hybridized carbons (Fsp3) is 0.400. The van der Waals surface area contributed by atoms with E-state index in [2.05, 4.69) is 90.1 Å². The third kappa shape index (κ3) is 5.37. The summed E-state index contributed by atoms with van der Waals surface area (Å²) in [6.45, 7) is 13.3. The van der Waals surface area contributed by atoms with Gasteiger partial charge in [0.05, 0.1) is 0 Å². The van der Waals surface area contributed by atoms with E-state index in [9.17, 15) is 0 Å². The van der Waals surface area contributed by atoms with E-state index >= 15 is 0 Å². The Hall–Kier alpha value is -0.365. The molecule has 0 heterocycles. The van der Waals surface area contributed by atoms with Crippen LogP contribution in [0.15, 0.2) is 36.4 Å². The van der Waals surface area contributed by atoms with Crippen molar-refractivity contribution in [2.75, 3.05) is 0 Å². The first-order chi connectivity index (χ1) is 9.18. The maximum absolute atomic E-state index is 3.39. The molecule has 0 aliphatic carbocycles. The molecule has 22 heavy (non-hydrogen) atoms.